The van der Waals surface area contributed by atoms with Gasteiger partial charge < -0.3 is 4.74 Å². The van der Waals surface area contributed by atoms with Crippen molar-refractivity contribution in [2.45, 2.75) is 6.42 Å². The first kappa shape index (κ1) is 14.9. The van der Waals surface area contributed by atoms with E-state index in [-0.39, 0.29) is 6.42 Å². The minimum absolute atomic E-state index is 0.213. The van der Waals surface area contributed by atoms with Gasteiger partial charge in [-0.25, -0.2) is 4.98 Å². The lowest BCUT2D eigenvalue weighted by Crippen LogP contribution is -1.97. The molecule has 3 nitrogen and oxygen atoms in total. The van der Waals surface area contributed by atoms with Gasteiger partial charge in [-0.1, -0.05) is 34.8 Å². The van der Waals surface area contributed by atoms with Gasteiger partial charge in [-0.05, 0) is 23.8 Å². The lowest BCUT2D eigenvalue weighted by atomic mass is 9.99. The molecule has 0 atom stereocenters. The molecule has 1 aromatic carbocycles. The van der Waals surface area contributed by atoms with E-state index in [1.54, 1.807) is 24.4 Å². The van der Waals surface area contributed by atoms with Gasteiger partial charge in [0.15, 0.2) is 0 Å². The van der Waals surface area contributed by atoms with Crippen LogP contribution in [0.25, 0.3) is 11.1 Å². The van der Waals surface area contributed by atoms with Crippen molar-refractivity contribution in [2.24, 2.45) is 0 Å². The van der Waals surface area contributed by atoms with Crippen LogP contribution in [-0.4, -0.2) is 12.1 Å². The average Bonchev–Trinajstić information content (AvgIpc) is 2.43. The molecule has 0 bridgehead atoms. The Morgan fingerprint density at radius 1 is 1.20 bits per heavy atom. The van der Waals surface area contributed by atoms with Gasteiger partial charge in [-0.2, -0.15) is 5.26 Å². The second-order valence-electron chi connectivity index (χ2n) is 3.94. The summed E-state index contributed by atoms with van der Waals surface area (Å²) in [7, 11) is 1.51. The predicted molar refractivity (Wildman–Crippen MR) is 80.6 cm³/mol. The van der Waals surface area contributed by atoms with E-state index in [9.17, 15) is 0 Å². The normalized spacial score (nSPS) is 10.2. The molecule has 0 aliphatic heterocycles. The number of nitrogens with zero attached hydrogens (tertiary/aromatic N) is 2. The molecule has 0 saturated carbocycles. The van der Waals surface area contributed by atoms with Crippen molar-refractivity contribution < 1.29 is 4.74 Å². The molecule has 102 valence electrons. The van der Waals surface area contributed by atoms with Gasteiger partial charge in [0.25, 0.3) is 0 Å². The molecule has 2 aromatic rings. The first-order chi connectivity index (χ1) is 9.58. The third-order valence-electron chi connectivity index (χ3n) is 2.74. The summed E-state index contributed by atoms with van der Waals surface area (Å²) in [5.74, 6) is 0.387. The number of aromatic nitrogens is 1. The van der Waals surface area contributed by atoms with Crippen LogP contribution >= 0.6 is 34.8 Å². The number of ether oxygens (including phenoxy) is 1. The van der Waals surface area contributed by atoms with E-state index in [1.165, 1.54) is 7.11 Å². The van der Waals surface area contributed by atoms with Crippen molar-refractivity contribution in [1.29, 1.82) is 5.26 Å². The van der Waals surface area contributed by atoms with Crippen LogP contribution in [0.2, 0.25) is 15.1 Å². The minimum atomic E-state index is 0.213. The Bertz CT molecular complexity index is 696. The van der Waals surface area contributed by atoms with Gasteiger partial charge in [0.2, 0.25) is 5.88 Å². The quantitative estimate of drug-likeness (QED) is 0.762. The maximum Gasteiger partial charge on any atom is 0.221 e. The van der Waals surface area contributed by atoms with Crippen LogP contribution in [0.4, 0.5) is 0 Å². The summed E-state index contributed by atoms with van der Waals surface area (Å²) in [5, 5.41) is 10.1. The van der Waals surface area contributed by atoms with Crippen LogP contribution in [0.5, 0.6) is 5.88 Å². The van der Waals surface area contributed by atoms with Gasteiger partial charge in [0.05, 0.1) is 34.7 Å². The zero-order valence-corrected chi connectivity index (χ0v) is 12.7. The highest BCUT2D eigenvalue weighted by atomic mass is 35.5. The fourth-order valence-corrected chi connectivity index (χ4v) is 2.51. The number of pyridine rings is 1. The number of rotatable bonds is 3. The van der Waals surface area contributed by atoms with Crippen LogP contribution < -0.4 is 4.74 Å². The Morgan fingerprint density at radius 2 is 1.90 bits per heavy atom. The Hall–Kier alpha value is -1.47. The van der Waals surface area contributed by atoms with Crippen molar-refractivity contribution in [3.8, 4) is 23.1 Å². The highest BCUT2D eigenvalue weighted by Gasteiger charge is 2.17. The molecular weight excluding hydrogens is 319 g/mol. The number of benzene rings is 1. The molecule has 0 fully saturated rings. The van der Waals surface area contributed by atoms with E-state index in [1.807, 2.05) is 0 Å². The number of hydrogen-bond acceptors (Lipinski definition) is 3. The zero-order chi connectivity index (χ0) is 14.7. The maximum atomic E-state index is 8.93. The maximum absolute atomic E-state index is 8.93. The Kier molecular flexibility index (Phi) is 4.72. The van der Waals surface area contributed by atoms with Crippen LogP contribution in [0.15, 0.2) is 24.4 Å². The lowest BCUT2D eigenvalue weighted by molar-refractivity contribution is 0.399. The van der Waals surface area contributed by atoms with Crippen molar-refractivity contribution in [2.75, 3.05) is 7.11 Å². The molecule has 2 rings (SSSR count). The first-order valence-electron chi connectivity index (χ1n) is 5.62. The molecule has 0 amide bonds. The van der Waals surface area contributed by atoms with Crippen LogP contribution in [0, 0.1) is 11.3 Å². The Balaban J connectivity index is 2.74. The van der Waals surface area contributed by atoms with Gasteiger partial charge >= 0.3 is 0 Å². The first-order valence-corrected chi connectivity index (χ1v) is 6.75. The zero-order valence-electron chi connectivity index (χ0n) is 10.5. The predicted octanol–water partition coefficient (Wildman–Crippen LogP) is 4.78. The summed E-state index contributed by atoms with van der Waals surface area (Å²) in [5.41, 5.74) is 2.05. The van der Waals surface area contributed by atoms with E-state index >= 15 is 0 Å². The number of hydrogen-bond donors (Lipinski definition) is 0. The molecule has 1 aromatic heterocycles. The molecule has 0 N–H and O–H groups in total. The topological polar surface area (TPSA) is 45.9 Å². The van der Waals surface area contributed by atoms with Crippen molar-refractivity contribution >= 4 is 34.8 Å². The van der Waals surface area contributed by atoms with E-state index in [4.69, 9.17) is 44.8 Å². The number of halogens is 3. The Labute approximate surface area is 131 Å². The summed E-state index contributed by atoms with van der Waals surface area (Å²) in [6.45, 7) is 0. The standard InChI is InChI=1S/C14H9Cl3N2O/c1-20-14-13(8(2-4-18)3-5-19-14)9-6-11(16)12(17)7-10(9)15/h3,5-7H,2H2,1H3. The number of methoxy groups -OCH3 is 1. The van der Waals surface area contributed by atoms with Gasteiger partial charge in [0.1, 0.15) is 0 Å². The van der Waals surface area contributed by atoms with E-state index < -0.39 is 0 Å². The highest BCUT2D eigenvalue weighted by Crippen LogP contribution is 2.40. The molecular formula is C14H9Cl3N2O. The molecule has 6 heteroatoms. The third-order valence-corrected chi connectivity index (χ3v) is 3.78. The van der Waals surface area contributed by atoms with E-state index in [0.717, 1.165) is 5.56 Å². The van der Waals surface area contributed by atoms with Gasteiger partial charge in [0, 0.05) is 17.3 Å². The lowest BCUT2D eigenvalue weighted by Gasteiger charge is -2.13. The summed E-state index contributed by atoms with van der Waals surface area (Å²) < 4.78 is 5.26. The molecule has 1 heterocycles. The van der Waals surface area contributed by atoms with E-state index in [0.29, 0.717) is 32.1 Å². The van der Waals surface area contributed by atoms with Crippen molar-refractivity contribution in [3.63, 3.8) is 0 Å². The molecule has 0 spiro atoms. The average molecular weight is 328 g/mol. The summed E-state index contributed by atoms with van der Waals surface area (Å²) >= 11 is 18.2. The van der Waals surface area contributed by atoms with Crippen LogP contribution in [0.3, 0.4) is 0 Å². The molecule has 0 aliphatic carbocycles. The molecule has 0 radical (unpaired) electrons. The van der Waals surface area contributed by atoms with Gasteiger partial charge in [-0.3, -0.25) is 0 Å². The fraction of sp³-hybridized carbons (Fsp3) is 0.143. The molecule has 0 saturated heterocycles. The van der Waals surface area contributed by atoms with Crippen molar-refractivity contribution in [3.05, 3.63) is 45.0 Å². The second kappa shape index (κ2) is 6.32. The third kappa shape index (κ3) is 2.83. The van der Waals surface area contributed by atoms with Crippen LogP contribution in [-0.2, 0) is 6.42 Å². The SMILES string of the molecule is COc1nccc(CC#N)c1-c1cc(Cl)c(Cl)cc1Cl. The summed E-state index contributed by atoms with van der Waals surface area (Å²) in [4.78, 5) is 4.14. The summed E-state index contributed by atoms with van der Waals surface area (Å²) in [6, 6.07) is 7.06. The highest BCUT2D eigenvalue weighted by molar-refractivity contribution is 6.44. The molecule has 0 aliphatic rings. The second-order valence-corrected chi connectivity index (χ2v) is 5.16. The van der Waals surface area contributed by atoms with Gasteiger partial charge in [-0.15, -0.1) is 0 Å². The molecule has 20 heavy (non-hydrogen) atoms. The summed E-state index contributed by atoms with van der Waals surface area (Å²) in [6.07, 6.45) is 1.80. The largest absolute Gasteiger partial charge is 0.481 e. The van der Waals surface area contributed by atoms with E-state index in [2.05, 4.69) is 11.1 Å². The molecule has 0 unspecified atom stereocenters. The monoisotopic (exact) mass is 326 g/mol. The number of nitriles is 1. The smallest absolute Gasteiger partial charge is 0.221 e. The Morgan fingerprint density at radius 3 is 2.55 bits per heavy atom. The minimum Gasteiger partial charge on any atom is -0.481 e. The van der Waals surface area contributed by atoms with Crippen molar-refractivity contribution in [1.82, 2.24) is 4.98 Å². The van der Waals surface area contributed by atoms with Crippen LogP contribution in [0.1, 0.15) is 5.56 Å². The fourth-order valence-electron chi connectivity index (χ4n) is 1.87.